The number of amides is 12. The van der Waals surface area contributed by atoms with Crippen LogP contribution in [0.3, 0.4) is 0 Å². The van der Waals surface area contributed by atoms with Crippen LogP contribution in [0.15, 0.2) is 35.3 Å². The average molecular weight is 1300 g/mol. The number of likely N-dealkylation sites (tertiary alicyclic amines) is 1. The molecular weight excluding hydrogens is 1220 g/mol. The van der Waals surface area contributed by atoms with Gasteiger partial charge in [-0.05, 0) is 64.1 Å². The molecule has 4 rings (SSSR count). The van der Waals surface area contributed by atoms with E-state index in [2.05, 4.69) is 91.0 Å². The van der Waals surface area contributed by atoms with Gasteiger partial charge in [-0.25, -0.2) is 14.8 Å². The van der Waals surface area contributed by atoms with Gasteiger partial charge in [0.05, 0.1) is 80.8 Å². The van der Waals surface area contributed by atoms with E-state index in [-0.39, 0.29) is 125 Å². The number of hydrogen-bond acceptors (Lipinski definition) is 23. The standard InChI is InChI=1S/C54H77N17O17S2/c1-53(2,88-30-54(3,4)87-18-12-38(74)56-15-16-57-39(75)13-19-89)29-66-37(73)11-17-71-45(81)20-35(50(71)84)90-28-34(51(85)86)68-44(80)27-64-43(79)26-63-42(78)25-62-41(77)24-61-40(76)23-60-36(72)6-5-14-58-48(82)31-7-9-32(10-8-31)59-21-33-22-65-47-46(67-33)49(83)70-52(55)69-47/h7-10,22,34-35,59,89H,5-6,11-21,23-30H2,1-4H3,(H,56,74)(H,57,75)(H,58,82)(H,60,72)(H,61,76)(H,62,77)(H,63,78)(H,64,79)(H,66,73)(H,68,80)(H,85,86)(H3,55,65,69,70,83)/t34-,35?/m1/s1. The minimum absolute atomic E-state index is 0.0338. The number of rotatable bonds is 40. The fourth-order valence-corrected chi connectivity index (χ4v) is 8.99. The highest BCUT2D eigenvalue weighted by Gasteiger charge is 2.40. The maximum Gasteiger partial charge on any atom is 0.327 e. The van der Waals surface area contributed by atoms with E-state index in [4.69, 9.17) is 15.2 Å². The highest BCUT2D eigenvalue weighted by molar-refractivity contribution is 8.00. The number of ether oxygens (including phenoxy) is 2. The number of nitrogen functional groups attached to an aromatic ring is 1. The van der Waals surface area contributed by atoms with E-state index in [0.717, 1.165) is 16.7 Å². The number of anilines is 2. The molecule has 0 spiro atoms. The Bertz CT molecular complexity index is 3130. The highest BCUT2D eigenvalue weighted by atomic mass is 32.2. The van der Waals surface area contributed by atoms with Crippen molar-refractivity contribution in [1.82, 2.24) is 78.0 Å². The molecule has 12 amide bonds. The Morgan fingerprint density at radius 2 is 1.27 bits per heavy atom. The number of benzene rings is 1. The summed E-state index contributed by atoms with van der Waals surface area (Å²) in [4.78, 5) is 188. The van der Waals surface area contributed by atoms with Crippen LogP contribution in [0.4, 0.5) is 11.6 Å². The third-order valence-electron chi connectivity index (χ3n) is 12.5. The molecule has 36 heteroatoms. The Labute approximate surface area is 525 Å². The number of H-pyrrole nitrogens is 1. The van der Waals surface area contributed by atoms with Crippen LogP contribution >= 0.6 is 24.4 Å². The summed E-state index contributed by atoms with van der Waals surface area (Å²) in [5.41, 5.74) is 4.98. The number of thioether (sulfide) groups is 1. The fraction of sp³-hybridized carbons (Fsp3) is 0.537. The van der Waals surface area contributed by atoms with E-state index in [1.807, 2.05) is 0 Å². The van der Waals surface area contributed by atoms with Gasteiger partial charge < -0.3 is 78.8 Å². The lowest BCUT2D eigenvalue weighted by molar-refractivity contribution is -0.141. The van der Waals surface area contributed by atoms with E-state index in [0.29, 0.717) is 29.2 Å². The zero-order valence-electron chi connectivity index (χ0n) is 50.1. The van der Waals surface area contributed by atoms with Crippen molar-refractivity contribution in [3.63, 3.8) is 0 Å². The summed E-state index contributed by atoms with van der Waals surface area (Å²) in [5, 5.41) is 36.1. The number of carboxylic acid groups (broad SMARTS) is 1. The van der Waals surface area contributed by atoms with Gasteiger partial charge in [-0.3, -0.25) is 72.2 Å². The highest BCUT2D eigenvalue weighted by Crippen LogP contribution is 2.26. The molecule has 3 heterocycles. The number of nitrogens with one attached hydrogen (secondary N) is 12. The van der Waals surface area contributed by atoms with Crippen molar-refractivity contribution in [1.29, 1.82) is 0 Å². The number of carbonyl (C=O) groups excluding carboxylic acids is 12. The van der Waals surface area contributed by atoms with Crippen molar-refractivity contribution < 1.29 is 76.9 Å². The van der Waals surface area contributed by atoms with Gasteiger partial charge in [0, 0.05) is 81.8 Å². The first-order valence-electron chi connectivity index (χ1n) is 28.3. The molecule has 2 atom stereocenters. The van der Waals surface area contributed by atoms with Crippen molar-refractivity contribution in [2.75, 3.05) is 101 Å². The summed E-state index contributed by atoms with van der Waals surface area (Å²) in [7, 11) is 0. The molecular formula is C54H77N17O17S2. The van der Waals surface area contributed by atoms with Crippen molar-refractivity contribution in [2.24, 2.45) is 0 Å². The summed E-state index contributed by atoms with van der Waals surface area (Å²) >= 11 is 4.81. The Hall–Kier alpha value is -9.03. The number of aromatic nitrogens is 4. The summed E-state index contributed by atoms with van der Waals surface area (Å²) in [6.45, 7) is 5.00. The number of fused-ring (bicyclic) bond motifs is 1. The number of thiol groups is 1. The van der Waals surface area contributed by atoms with Crippen LogP contribution in [0, 0.1) is 0 Å². The Balaban J connectivity index is 1.000. The molecule has 34 nitrogen and oxygen atoms in total. The first-order valence-corrected chi connectivity index (χ1v) is 29.9. The Morgan fingerprint density at radius 3 is 1.87 bits per heavy atom. The van der Waals surface area contributed by atoms with Crippen LogP contribution in [-0.2, 0) is 73.6 Å². The molecule has 2 aromatic heterocycles. The lowest BCUT2D eigenvalue weighted by Crippen LogP contribution is -2.49. The van der Waals surface area contributed by atoms with Gasteiger partial charge in [0.25, 0.3) is 11.5 Å². The predicted molar refractivity (Wildman–Crippen MR) is 327 cm³/mol. The molecule has 0 aliphatic carbocycles. The lowest BCUT2D eigenvalue weighted by Gasteiger charge is -2.32. The second-order valence-electron chi connectivity index (χ2n) is 21.1. The number of nitrogens with two attached hydrogens (primary N) is 1. The topological polar surface area (TPSA) is 494 Å². The SMILES string of the molecule is CC(C)(CNC(=O)CCN1C(=O)CC(SC[C@@H](NC(=O)CNC(=O)CNC(=O)CNC(=O)CNC(=O)CNC(=O)CCCNC(=O)c2ccc(NCc3cnc4nc(N)[nH]c(=O)c4n3)cc2)C(=O)O)C1=O)OCC(C)(C)OCCC(=O)NCCNC(=O)CCS. The van der Waals surface area contributed by atoms with Gasteiger partial charge in [-0.15, -0.1) is 11.8 Å². The van der Waals surface area contributed by atoms with Crippen molar-refractivity contribution in [3.8, 4) is 0 Å². The number of imide groups is 1. The van der Waals surface area contributed by atoms with Crippen LogP contribution in [0.2, 0.25) is 0 Å². The van der Waals surface area contributed by atoms with Crippen LogP contribution in [0.5, 0.6) is 0 Å². The van der Waals surface area contributed by atoms with Crippen LogP contribution in [0.1, 0.15) is 82.3 Å². The average Bonchev–Trinajstić information content (AvgIpc) is 1.30. The molecule has 0 saturated carbocycles. The second kappa shape index (κ2) is 37.1. The van der Waals surface area contributed by atoms with E-state index < -0.39 is 120 Å². The Morgan fingerprint density at radius 1 is 0.700 bits per heavy atom. The van der Waals surface area contributed by atoms with Crippen LogP contribution in [0.25, 0.3) is 11.2 Å². The molecule has 0 radical (unpaired) electrons. The normalized spacial score (nSPS) is 13.3. The predicted octanol–water partition coefficient (Wildman–Crippen LogP) is -4.53. The molecule has 90 heavy (non-hydrogen) atoms. The molecule has 1 unspecified atom stereocenters. The smallest absolute Gasteiger partial charge is 0.327 e. The minimum Gasteiger partial charge on any atom is -0.480 e. The molecule has 1 aromatic carbocycles. The first kappa shape index (κ1) is 73.4. The summed E-state index contributed by atoms with van der Waals surface area (Å²) in [6, 6.07) is 4.96. The van der Waals surface area contributed by atoms with E-state index >= 15 is 0 Å². The first-order chi connectivity index (χ1) is 42.6. The van der Waals surface area contributed by atoms with Crippen molar-refractivity contribution in [2.45, 2.75) is 95.3 Å². The quantitative estimate of drug-likeness (QED) is 0.0145. The second-order valence-corrected chi connectivity index (χ2v) is 22.8. The van der Waals surface area contributed by atoms with Gasteiger partial charge in [0.1, 0.15) is 6.04 Å². The summed E-state index contributed by atoms with van der Waals surface area (Å²) in [5.74, 6) is -8.57. The van der Waals surface area contributed by atoms with Gasteiger partial charge in [0.2, 0.25) is 70.9 Å². The molecule has 3 aromatic rings. The maximum atomic E-state index is 13.1. The van der Waals surface area contributed by atoms with Crippen LogP contribution in [-0.4, -0.2) is 219 Å². The van der Waals surface area contributed by atoms with Crippen molar-refractivity contribution >= 4 is 124 Å². The number of nitrogens with zero attached hydrogens (tertiary/aromatic N) is 4. The number of aromatic amines is 1. The van der Waals surface area contributed by atoms with E-state index in [9.17, 15) is 72.2 Å². The lowest BCUT2D eigenvalue weighted by atomic mass is 10.1. The van der Waals surface area contributed by atoms with Gasteiger partial charge in [0.15, 0.2) is 11.2 Å². The minimum atomic E-state index is -1.55. The molecule has 1 fully saturated rings. The third-order valence-corrected chi connectivity index (χ3v) is 14.0. The zero-order chi connectivity index (χ0) is 66.4. The number of aliphatic carboxylic acids is 1. The monoisotopic (exact) mass is 1300 g/mol. The largest absolute Gasteiger partial charge is 0.480 e. The van der Waals surface area contributed by atoms with E-state index in [1.165, 1.54) is 6.20 Å². The molecule has 1 aliphatic heterocycles. The maximum absolute atomic E-state index is 13.1. The molecule has 1 aliphatic rings. The molecule has 1 saturated heterocycles. The number of carboxylic acids is 1. The fourth-order valence-electron chi connectivity index (χ4n) is 7.60. The molecule has 0 bridgehead atoms. The van der Waals surface area contributed by atoms with Gasteiger partial charge in [-0.1, -0.05) is 0 Å². The van der Waals surface area contributed by atoms with Crippen molar-refractivity contribution in [3.05, 3.63) is 52.1 Å². The summed E-state index contributed by atoms with van der Waals surface area (Å²) in [6.07, 6.45) is 1.52. The third kappa shape index (κ3) is 28.0. The molecule has 492 valence electrons. The van der Waals surface area contributed by atoms with Gasteiger partial charge in [-0.2, -0.15) is 17.6 Å². The van der Waals surface area contributed by atoms with Crippen LogP contribution < -0.4 is 69.8 Å². The van der Waals surface area contributed by atoms with E-state index in [1.54, 1.807) is 52.0 Å². The number of hydrogen-bond donors (Lipinski definition) is 15. The van der Waals surface area contributed by atoms with Gasteiger partial charge >= 0.3 is 5.97 Å². The summed E-state index contributed by atoms with van der Waals surface area (Å²) < 4.78 is 11.8. The zero-order valence-corrected chi connectivity index (χ0v) is 51.8. The number of carbonyl (C=O) groups is 13. The molecule has 15 N–H and O–H groups in total. The Kier molecular flexibility index (Phi) is 30.3.